The average molecular weight is 435 g/mol. The maximum atomic E-state index is 12.4. The zero-order valence-electron chi connectivity index (χ0n) is 16.6. The summed E-state index contributed by atoms with van der Waals surface area (Å²) in [6, 6.07) is 13.6. The van der Waals surface area contributed by atoms with Crippen molar-refractivity contribution >= 4 is 34.9 Å². The molecule has 1 aromatic carbocycles. The third kappa shape index (κ3) is 6.73. The van der Waals surface area contributed by atoms with Gasteiger partial charge in [0.25, 0.3) is 0 Å². The molecule has 0 saturated carbocycles. The van der Waals surface area contributed by atoms with Gasteiger partial charge in [0, 0.05) is 64.2 Å². The molecule has 0 unspecified atom stereocenters. The van der Waals surface area contributed by atoms with Crippen LogP contribution in [0.3, 0.4) is 0 Å². The van der Waals surface area contributed by atoms with Gasteiger partial charge in [0.1, 0.15) is 0 Å². The number of halogens is 1. The van der Waals surface area contributed by atoms with Gasteiger partial charge in [0.15, 0.2) is 0 Å². The van der Waals surface area contributed by atoms with Crippen LogP contribution in [0.15, 0.2) is 42.5 Å². The lowest BCUT2D eigenvalue weighted by Gasteiger charge is -2.34. The van der Waals surface area contributed by atoms with Crippen molar-refractivity contribution in [2.24, 2.45) is 0 Å². The number of hydrogen-bond donors (Lipinski definition) is 1. The van der Waals surface area contributed by atoms with Crippen LogP contribution in [-0.2, 0) is 17.9 Å². The predicted molar refractivity (Wildman–Crippen MR) is 117 cm³/mol. The van der Waals surface area contributed by atoms with Gasteiger partial charge in [-0.15, -0.1) is 11.3 Å². The molecular formula is C21H27ClN4O2S. The molecule has 1 N–H and O–H groups in total. The standard InChI is InChI=1S/C21H27ClN4O2S/c1-24(15-17-5-3-2-4-6-17)21(28)23-10-9-20(27)26-13-11-25(12-14-26)16-18-7-8-19(22)29-18/h2-8H,9-16H2,1H3,(H,23,28). The molecule has 1 aromatic heterocycles. The number of piperazine rings is 1. The molecule has 0 bridgehead atoms. The van der Waals surface area contributed by atoms with E-state index in [-0.39, 0.29) is 11.9 Å². The molecule has 0 atom stereocenters. The van der Waals surface area contributed by atoms with E-state index in [4.69, 9.17) is 11.6 Å². The summed E-state index contributed by atoms with van der Waals surface area (Å²) in [5.41, 5.74) is 1.07. The van der Waals surface area contributed by atoms with Gasteiger partial charge >= 0.3 is 6.03 Å². The van der Waals surface area contributed by atoms with Crippen molar-refractivity contribution in [3.8, 4) is 0 Å². The fourth-order valence-electron chi connectivity index (χ4n) is 3.31. The van der Waals surface area contributed by atoms with Gasteiger partial charge in [-0.2, -0.15) is 0 Å². The minimum atomic E-state index is -0.166. The number of nitrogens with one attached hydrogen (secondary N) is 1. The van der Waals surface area contributed by atoms with Crippen molar-refractivity contribution in [3.63, 3.8) is 0 Å². The molecule has 3 amide bonds. The summed E-state index contributed by atoms with van der Waals surface area (Å²) in [6.45, 7) is 4.92. The van der Waals surface area contributed by atoms with Crippen LogP contribution in [0, 0.1) is 0 Å². The van der Waals surface area contributed by atoms with Crippen LogP contribution in [0.2, 0.25) is 4.34 Å². The van der Waals surface area contributed by atoms with Crippen LogP contribution in [0.1, 0.15) is 16.9 Å². The normalized spacial score (nSPS) is 14.6. The number of amides is 3. The molecule has 6 nitrogen and oxygen atoms in total. The van der Waals surface area contributed by atoms with E-state index in [1.807, 2.05) is 41.3 Å². The van der Waals surface area contributed by atoms with Gasteiger partial charge in [0.05, 0.1) is 4.34 Å². The van der Waals surface area contributed by atoms with Crippen molar-refractivity contribution in [1.29, 1.82) is 0 Å². The SMILES string of the molecule is CN(Cc1ccccc1)C(=O)NCCC(=O)N1CCN(Cc2ccc(Cl)s2)CC1. The summed E-state index contributed by atoms with van der Waals surface area (Å²) in [7, 11) is 1.75. The molecule has 29 heavy (non-hydrogen) atoms. The largest absolute Gasteiger partial charge is 0.340 e. The van der Waals surface area contributed by atoms with E-state index in [1.165, 1.54) is 4.88 Å². The molecular weight excluding hydrogens is 408 g/mol. The fourth-order valence-corrected chi connectivity index (χ4v) is 4.44. The van der Waals surface area contributed by atoms with E-state index in [0.717, 1.165) is 42.6 Å². The molecule has 156 valence electrons. The summed E-state index contributed by atoms with van der Waals surface area (Å²) < 4.78 is 0.810. The first-order valence-corrected chi connectivity index (χ1v) is 11.0. The Labute approximate surface area is 181 Å². The maximum absolute atomic E-state index is 12.4. The van der Waals surface area contributed by atoms with Crippen molar-refractivity contribution < 1.29 is 9.59 Å². The second-order valence-corrected chi connectivity index (χ2v) is 8.99. The minimum absolute atomic E-state index is 0.0924. The zero-order valence-corrected chi connectivity index (χ0v) is 18.2. The highest BCUT2D eigenvalue weighted by molar-refractivity contribution is 7.16. The summed E-state index contributed by atoms with van der Waals surface area (Å²) in [4.78, 5) is 31.7. The fraction of sp³-hybridized carbons (Fsp3) is 0.429. The van der Waals surface area contributed by atoms with E-state index in [0.29, 0.717) is 19.5 Å². The molecule has 8 heteroatoms. The molecule has 1 aliphatic heterocycles. The highest BCUT2D eigenvalue weighted by atomic mass is 35.5. The summed E-state index contributed by atoms with van der Waals surface area (Å²) in [5.74, 6) is 0.0924. The lowest BCUT2D eigenvalue weighted by molar-refractivity contribution is -0.132. The van der Waals surface area contributed by atoms with Crippen LogP contribution in [-0.4, -0.2) is 66.4 Å². The van der Waals surface area contributed by atoms with Crippen LogP contribution in [0.25, 0.3) is 0 Å². The van der Waals surface area contributed by atoms with Crippen molar-refractivity contribution in [3.05, 3.63) is 57.2 Å². The molecule has 3 rings (SSSR count). The zero-order chi connectivity index (χ0) is 20.6. The van der Waals surface area contributed by atoms with E-state index in [9.17, 15) is 9.59 Å². The number of rotatable bonds is 7. The number of nitrogens with zero attached hydrogens (tertiary/aromatic N) is 3. The maximum Gasteiger partial charge on any atom is 0.317 e. The van der Waals surface area contributed by atoms with Crippen molar-refractivity contribution in [2.75, 3.05) is 39.8 Å². The highest BCUT2D eigenvalue weighted by Gasteiger charge is 2.21. The number of hydrogen-bond acceptors (Lipinski definition) is 4. The second-order valence-electron chi connectivity index (χ2n) is 7.19. The molecule has 2 heterocycles. The Bertz CT molecular complexity index is 806. The van der Waals surface area contributed by atoms with Crippen LogP contribution >= 0.6 is 22.9 Å². The first-order valence-electron chi connectivity index (χ1n) is 9.78. The molecule has 0 spiro atoms. The summed E-state index contributed by atoms with van der Waals surface area (Å²) in [6.07, 6.45) is 0.325. The van der Waals surface area contributed by atoms with E-state index < -0.39 is 0 Å². The topological polar surface area (TPSA) is 55.9 Å². The Morgan fingerprint density at radius 1 is 1.10 bits per heavy atom. The van der Waals surface area contributed by atoms with Crippen molar-refractivity contribution in [2.45, 2.75) is 19.5 Å². The van der Waals surface area contributed by atoms with Crippen molar-refractivity contribution in [1.82, 2.24) is 20.0 Å². The second kappa shape index (κ2) is 10.6. The van der Waals surface area contributed by atoms with E-state index in [2.05, 4.69) is 16.3 Å². The molecule has 0 aliphatic carbocycles. The van der Waals surface area contributed by atoms with Crippen LogP contribution in [0.4, 0.5) is 4.79 Å². The Morgan fingerprint density at radius 3 is 2.48 bits per heavy atom. The Kier molecular flexibility index (Phi) is 7.91. The summed E-state index contributed by atoms with van der Waals surface area (Å²) in [5, 5.41) is 2.83. The molecule has 1 saturated heterocycles. The quantitative estimate of drug-likeness (QED) is 0.727. The molecule has 1 fully saturated rings. The monoisotopic (exact) mass is 434 g/mol. The third-order valence-corrected chi connectivity index (χ3v) is 6.17. The first-order chi connectivity index (χ1) is 14.0. The van der Waals surface area contributed by atoms with Crippen LogP contribution < -0.4 is 5.32 Å². The Balaban J connectivity index is 1.33. The number of carbonyl (C=O) groups excluding carboxylic acids is 2. The van der Waals surface area contributed by atoms with Gasteiger partial charge in [0.2, 0.25) is 5.91 Å². The number of thiophene rings is 1. The van der Waals surface area contributed by atoms with E-state index in [1.54, 1.807) is 23.3 Å². The number of carbonyl (C=O) groups is 2. The highest BCUT2D eigenvalue weighted by Crippen LogP contribution is 2.23. The minimum Gasteiger partial charge on any atom is -0.340 e. The van der Waals surface area contributed by atoms with Gasteiger partial charge in [-0.3, -0.25) is 9.69 Å². The Hall–Kier alpha value is -2.09. The smallest absolute Gasteiger partial charge is 0.317 e. The van der Waals surface area contributed by atoms with Gasteiger partial charge in [-0.1, -0.05) is 41.9 Å². The van der Waals surface area contributed by atoms with Gasteiger partial charge < -0.3 is 15.1 Å². The third-order valence-electron chi connectivity index (χ3n) is 4.96. The lowest BCUT2D eigenvalue weighted by Crippen LogP contribution is -2.49. The van der Waals surface area contributed by atoms with Gasteiger partial charge in [-0.05, 0) is 17.7 Å². The van der Waals surface area contributed by atoms with E-state index >= 15 is 0 Å². The Morgan fingerprint density at radius 2 is 1.83 bits per heavy atom. The predicted octanol–water partition coefficient (Wildman–Crippen LogP) is 3.28. The lowest BCUT2D eigenvalue weighted by atomic mass is 10.2. The molecule has 2 aromatic rings. The average Bonchev–Trinajstić information content (AvgIpc) is 3.13. The first kappa shape index (κ1) is 21.6. The number of urea groups is 1. The number of benzene rings is 1. The summed E-state index contributed by atoms with van der Waals surface area (Å²) >= 11 is 7.59. The molecule has 1 aliphatic rings. The molecule has 0 radical (unpaired) electrons. The van der Waals surface area contributed by atoms with Crippen LogP contribution in [0.5, 0.6) is 0 Å². The van der Waals surface area contributed by atoms with Gasteiger partial charge in [-0.25, -0.2) is 4.79 Å².